The fourth-order valence-electron chi connectivity index (χ4n) is 2.36. The monoisotopic (exact) mass is 310 g/mol. The molecule has 3 aromatic rings. The maximum atomic E-state index is 12.4. The molecule has 0 unspecified atom stereocenters. The number of hydrogen-bond donors (Lipinski definition) is 1. The topological polar surface area (TPSA) is 94.7 Å². The second-order valence-corrected chi connectivity index (χ2v) is 5.52. The van der Waals surface area contributed by atoms with E-state index in [9.17, 15) is 9.59 Å². The lowest BCUT2D eigenvalue weighted by atomic mass is 10.3. The molecule has 0 bridgehead atoms. The average Bonchev–Trinajstić information content (AvgIpc) is 3.26. The van der Waals surface area contributed by atoms with E-state index in [0.29, 0.717) is 11.0 Å². The van der Waals surface area contributed by atoms with Gasteiger partial charge in [0.15, 0.2) is 5.65 Å². The fourth-order valence-corrected chi connectivity index (χ4v) is 2.36. The second-order valence-electron chi connectivity index (χ2n) is 5.52. The highest BCUT2D eigenvalue weighted by Gasteiger charge is 2.24. The summed E-state index contributed by atoms with van der Waals surface area (Å²) in [6.07, 6.45) is 3.44. The number of rotatable bonds is 4. The van der Waals surface area contributed by atoms with Crippen LogP contribution in [0.1, 0.15) is 12.8 Å². The van der Waals surface area contributed by atoms with E-state index in [1.165, 1.54) is 6.20 Å². The van der Waals surface area contributed by atoms with Gasteiger partial charge in [-0.1, -0.05) is 23.4 Å². The first kappa shape index (κ1) is 13.6. The third-order valence-electron chi connectivity index (χ3n) is 3.69. The molecule has 1 aliphatic carbocycles. The number of aromatic nitrogens is 5. The molecule has 1 aromatic carbocycles. The summed E-state index contributed by atoms with van der Waals surface area (Å²) in [7, 11) is 0. The van der Waals surface area contributed by atoms with Crippen molar-refractivity contribution in [3.8, 4) is 5.69 Å². The molecular weight excluding hydrogens is 296 g/mol. The van der Waals surface area contributed by atoms with Crippen molar-refractivity contribution in [3.63, 3.8) is 0 Å². The van der Waals surface area contributed by atoms with E-state index in [0.717, 1.165) is 23.2 Å². The highest BCUT2D eigenvalue weighted by Crippen LogP contribution is 2.18. The number of hydrogen-bond acceptors (Lipinski definition) is 5. The normalized spacial score (nSPS) is 14.1. The lowest BCUT2D eigenvalue weighted by Gasteiger charge is -2.05. The van der Waals surface area contributed by atoms with Crippen LogP contribution in [0.3, 0.4) is 0 Å². The maximum absolute atomic E-state index is 12.4. The van der Waals surface area contributed by atoms with Gasteiger partial charge >= 0.3 is 0 Å². The third kappa shape index (κ3) is 2.59. The molecule has 2 heterocycles. The Morgan fingerprint density at radius 2 is 2.04 bits per heavy atom. The SMILES string of the molecule is O=C(Cn1nnc2c(cnn2-c2ccccc2)c1=O)NC1CC1. The van der Waals surface area contributed by atoms with Crippen LogP contribution >= 0.6 is 0 Å². The number of amides is 1. The van der Waals surface area contributed by atoms with Crippen LogP contribution in [0.4, 0.5) is 0 Å². The summed E-state index contributed by atoms with van der Waals surface area (Å²) in [5.74, 6) is -0.223. The van der Waals surface area contributed by atoms with Crippen molar-refractivity contribution in [1.82, 2.24) is 30.1 Å². The van der Waals surface area contributed by atoms with Crippen molar-refractivity contribution in [2.45, 2.75) is 25.4 Å². The van der Waals surface area contributed by atoms with E-state index in [1.54, 1.807) is 4.68 Å². The van der Waals surface area contributed by atoms with Gasteiger partial charge in [0.1, 0.15) is 11.9 Å². The zero-order valence-corrected chi connectivity index (χ0v) is 12.2. The number of para-hydroxylation sites is 1. The Hall–Kier alpha value is -3.03. The minimum absolute atomic E-state index is 0.130. The fraction of sp³-hybridized carbons (Fsp3) is 0.267. The van der Waals surface area contributed by atoms with Crippen LogP contribution in [0, 0.1) is 0 Å². The van der Waals surface area contributed by atoms with E-state index >= 15 is 0 Å². The van der Waals surface area contributed by atoms with Crippen LogP contribution < -0.4 is 10.9 Å². The Labute approximate surface area is 130 Å². The number of nitrogens with zero attached hydrogens (tertiary/aromatic N) is 5. The predicted molar refractivity (Wildman–Crippen MR) is 82.1 cm³/mol. The number of carbonyl (C=O) groups excluding carboxylic acids is 1. The minimum Gasteiger partial charge on any atom is -0.352 e. The Kier molecular flexibility index (Phi) is 3.14. The molecule has 0 aliphatic heterocycles. The van der Waals surface area contributed by atoms with Gasteiger partial charge in [0.05, 0.1) is 11.9 Å². The summed E-state index contributed by atoms with van der Waals surface area (Å²) >= 11 is 0. The number of carbonyl (C=O) groups is 1. The molecule has 1 saturated carbocycles. The van der Waals surface area contributed by atoms with Crippen molar-refractivity contribution in [2.24, 2.45) is 0 Å². The third-order valence-corrected chi connectivity index (χ3v) is 3.69. The van der Waals surface area contributed by atoms with Gasteiger partial charge in [0.2, 0.25) is 5.91 Å². The molecule has 0 radical (unpaired) electrons. The van der Waals surface area contributed by atoms with Gasteiger partial charge in [0.25, 0.3) is 5.56 Å². The van der Waals surface area contributed by atoms with Crippen LogP contribution in [0.15, 0.2) is 41.3 Å². The lowest BCUT2D eigenvalue weighted by molar-refractivity contribution is -0.122. The molecule has 1 amide bonds. The Balaban J connectivity index is 1.69. The summed E-state index contributed by atoms with van der Waals surface area (Å²) in [4.78, 5) is 24.3. The van der Waals surface area contributed by atoms with Gasteiger partial charge in [-0.3, -0.25) is 9.59 Å². The van der Waals surface area contributed by atoms with Crippen molar-refractivity contribution in [1.29, 1.82) is 0 Å². The predicted octanol–water partition coefficient (Wildman–Crippen LogP) is 0.256. The maximum Gasteiger partial charge on any atom is 0.281 e. The molecule has 0 spiro atoms. The zero-order chi connectivity index (χ0) is 15.8. The van der Waals surface area contributed by atoms with Gasteiger partial charge in [-0.2, -0.15) is 5.10 Å². The van der Waals surface area contributed by atoms with Crippen molar-refractivity contribution in [3.05, 3.63) is 46.9 Å². The number of nitrogens with one attached hydrogen (secondary N) is 1. The molecule has 2 aromatic heterocycles. The molecular formula is C15H14N6O2. The van der Waals surface area contributed by atoms with Crippen LogP contribution in [-0.2, 0) is 11.3 Å². The van der Waals surface area contributed by atoms with Crippen LogP contribution in [0.2, 0.25) is 0 Å². The molecule has 4 rings (SSSR count). The van der Waals surface area contributed by atoms with E-state index < -0.39 is 0 Å². The van der Waals surface area contributed by atoms with Gasteiger partial charge in [-0.05, 0) is 25.0 Å². The van der Waals surface area contributed by atoms with E-state index in [4.69, 9.17) is 0 Å². The Bertz CT molecular complexity index is 926. The lowest BCUT2D eigenvalue weighted by Crippen LogP contribution is -2.35. The van der Waals surface area contributed by atoms with Gasteiger partial charge < -0.3 is 5.32 Å². The smallest absolute Gasteiger partial charge is 0.281 e. The van der Waals surface area contributed by atoms with E-state index in [1.807, 2.05) is 30.3 Å². The molecule has 1 aliphatic rings. The summed E-state index contributed by atoms with van der Waals surface area (Å²) < 4.78 is 2.62. The van der Waals surface area contributed by atoms with Crippen molar-refractivity contribution < 1.29 is 4.79 Å². The summed E-state index contributed by atoms with van der Waals surface area (Å²) in [6, 6.07) is 9.62. The summed E-state index contributed by atoms with van der Waals surface area (Å²) in [5, 5.41) is 15.3. The first-order valence-corrected chi connectivity index (χ1v) is 7.39. The highest BCUT2D eigenvalue weighted by atomic mass is 16.2. The van der Waals surface area contributed by atoms with Gasteiger partial charge in [-0.15, -0.1) is 5.10 Å². The molecule has 1 N–H and O–H groups in total. The molecule has 8 heteroatoms. The number of fused-ring (bicyclic) bond motifs is 1. The minimum atomic E-state index is -0.372. The van der Waals surface area contributed by atoms with Crippen molar-refractivity contribution >= 4 is 16.9 Å². The van der Waals surface area contributed by atoms with Crippen molar-refractivity contribution in [2.75, 3.05) is 0 Å². The molecule has 8 nitrogen and oxygen atoms in total. The number of benzene rings is 1. The van der Waals surface area contributed by atoms with Gasteiger partial charge in [0, 0.05) is 6.04 Å². The molecule has 0 atom stereocenters. The van der Waals surface area contributed by atoms with Crippen LogP contribution in [0.5, 0.6) is 0 Å². The van der Waals surface area contributed by atoms with Gasteiger partial charge in [-0.25, -0.2) is 9.36 Å². The Morgan fingerprint density at radius 3 is 2.78 bits per heavy atom. The first-order valence-electron chi connectivity index (χ1n) is 7.39. The highest BCUT2D eigenvalue weighted by molar-refractivity contribution is 5.77. The summed E-state index contributed by atoms with van der Waals surface area (Å²) in [5.41, 5.74) is 0.795. The Morgan fingerprint density at radius 1 is 1.26 bits per heavy atom. The molecule has 116 valence electrons. The largest absolute Gasteiger partial charge is 0.352 e. The summed E-state index contributed by atoms with van der Waals surface area (Å²) in [6.45, 7) is -0.130. The van der Waals surface area contributed by atoms with Crippen LogP contribution in [0.25, 0.3) is 16.7 Å². The van der Waals surface area contributed by atoms with E-state index in [2.05, 4.69) is 20.7 Å². The second kappa shape index (κ2) is 5.31. The quantitative estimate of drug-likeness (QED) is 0.745. The zero-order valence-electron chi connectivity index (χ0n) is 12.2. The standard InChI is InChI=1S/C15H14N6O2/c22-13(17-10-6-7-10)9-20-15(23)12-8-16-21(14(12)18-19-20)11-4-2-1-3-5-11/h1-5,8,10H,6-7,9H2,(H,17,22). The van der Waals surface area contributed by atoms with E-state index in [-0.39, 0.29) is 24.1 Å². The molecule has 1 fully saturated rings. The molecule has 23 heavy (non-hydrogen) atoms. The first-order chi connectivity index (χ1) is 11.2. The molecule has 0 saturated heterocycles. The van der Waals surface area contributed by atoms with Crippen LogP contribution in [-0.4, -0.2) is 36.7 Å². The average molecular weight is 310 g/mol.